The monoisotopic (exact) mass is 289 g/mol. The Labute approximate surface area is 125 Å². The van der Waals surface area contributed by atoms with Crippen molar-refractivity contribution >= 4 is 0 Å². The molecule has 0 aromatic carbocycles. The summed E-state index contributed by atoms with van der Waals surface area (Å²) in [5.41, 5.74) is 0. The smallest absolute Gasteiger partial charge is 0.0701 e. The zero-order valence-corrected chi connectivity index (χ0v) is 13.9. The first-order valence-electron chi connectivity index (χ1n) is 8.06. The maximum atomic E-state index is 5.51. The molecule has 0 heterocycles. The SMILES string of the molecule is COCCOCCOCCCCCCCCCN(C)C. The number of rotatable bonds is 16. The molecule has 0 aromatic heterocycles. The van der Waals surface area contributed by atoms with Crippen molar-refractivity contribution in [1.29, 1.82) is 0 Å². The van der Waals surface area contributed by atoms with E-state index in [2.05, 4.69) is 19.0 Å². The summed E-state index contributed by atoms with van der Waals surface area (Å²) < 4.78 is 15.7. The van der Waals surface area contributed by atoms with Crippen LogP contribution in [0.4, 0.5) is 0 Å². The minimum Gasteiger partial charge on any atom is -0.382 e. The van der Waals surface area contributed by atoms with Crippen LogP contribution in [0.5, 0.6) is 0 Å². The van der Waals surface area contributed by atoms with Crippen LogP contribution in [-0.4, -0.2) is 65.7 Å². The van der Waals surface area contributed by atoms with Gasteiger partial charge in [-0.25, -0.2) is 0 Å². The lowest BCUT2D eigenvalue weighted by Crippen LogP contribution is -2.12. The van der Waals surface area contributed by atoms with Crippen LogP contribution in [-0.2, 0) is 14.2 Å². The van der Waals surface area contributed by atoms with Crippen LogP contribution in [0.15, 0.2) is 0 Å². The summed E-state index contributed by atoms with van der Waals surface area (Å²) in [6.45, 7) is 4.79. The summed E-state index contributed by atoms with van der Waals surface area (Å²) in [5.74, 6) is 0. The van der Waals surface area contributed by atoms with Gasteiger partial charge in [0.25, 0.3) is 0 Å². The number of nitrogens with zero attached hydrogens (tertiary/aromatic N) is 1. The van der Waals surface area contributed by atoms with Gasteiger partial charge < -0.3 is 19.1 Å². The highest BCUT2D eigenvalue weighted by Gasteiger charge is 1.94. The van der Waals surface area contributed by atoms with Gasteiger partial charge in [0, 0.05) is 13.7 Å². The summed E-state index contributed by atoms with van der Waals surface area (Å²) >= 11 is 0. The Morgan fingerprint density at radius 1 is 0.600 bits per heavy atom. The quantitative estimate of drug-likeness (QED) is 0.409. The van der Waals surface area contributed by atoms with E-state index in [1.807, 2.05) is 0 Å². The zero-order valence-electron chi connectivity index (χ0n) is 13.9. The Morgan fingerprint density at radius 3 is 1.70 bits per heavy atom. The van der Waals surface area contributed by atoms with E-state index in [1.165, 1.54) is 51.5 Å². The molecule has 20 heavy (non-hydrogen) atoms. The number of methoxy groups -OCH3 is 1. The van der Waals surface area contributed by atoms with E-state index >= 15 is 0 Å². The van der Waals surface area contributed by atoms with Gasteiger partial charge in [0.05, 0.1) is 26.4 Å². The molecule has 0 aliphatic carbocycles. The summed E-state index contributed by atoms with van der Waals surface area (Å²) in [7, 11) is 5.97. The second kappa shape index (κ2) is 16.9. The van der Waals surface area contributed by atoms with Crippen molar-refractivity contribution in [2.24, 2.45) is 0 Å². The summed E-state index contributed by atoms with van der Waals surface area (Å²) in [6.07, 6.45) is 9.26. The Hall–Kier alpha value is -0.160. The fourth-order valence-electron chi connectivity index (χ4n) is 1.98. The van der Waals surface area contributed by atoms with E-state index < -0.39 is 0 Å². The van der Waals surface area contributed by atoms with Crippen LogP contribution < -0.4 is 0 Å². The molecule has 0 fully saturated rings. The number of ether oxygens (including phenoxy) is 3. The van der Waals surface area contributed by atoms with E-state index in [9.17, 15) is 0 Å². The van der Waals surface area contributed by atoms with Gasteiger partial charge in [-0.2, -0.15) is 0 Å². The lowest BCUT2D eigenvalue weighted by atomic mass is 10.1. The molecule has 0 atom stereocenters. The average Bonchev–Trinajstić information content (AvgIpc) is 2.43. The molecule has 0 unspecified atom stereocenters. The normalized spacial score (nSPS) is 11.4. The molecule has 0 rings (SSSR count). The molecule has 0 spiro atoms. The Balaban J connectivity index is 2.92. The minimum atomic E-state index is 0.660. The fraction of sp³-hybridized carbons (Fsp3) is 1.00. The highest BCUT2D eigenvalue weighted by atomic mass is 16.5. The minimum absolute atomic E-state index is 0.660. The zero-order chi connectivity index (χ0) is 14.9. The van der Waals surface area contributed by atoms with Crippen LogP contribution in [0, 0.1) is 0 Å². The fourth-order valence-corrected chi connectivity index (χ4v) is 1.98. The van der Waals surface area contributed by atoms with Crippen molar-refractivity contribution in [3.8, 4) is 0 Å². The number of hydrogen-bond acceptors (Lipinski definition) is 4. The van der Waals surface area contributed by atoms with Crippen molar-refractivity contribution < 1.29 is 14.2 Å². The van der Waals surface area contributed by atoms with Gasteiger partial charge in [0.2, 0.25) is 0 Å². The van der Waals surface area contributed by atoms with E-state index in [0.717, 1.165) is 6.61 Å². The van der Waals surface area contributed by atoms with Crippen LogP contribution in [0.3, 0.4) is 0 Å². The van der Waals surface area contributed by atoms with Crippen LogP contribution >= 0.6 is 0 Å². The van der Waals surface area contributed by atoms with Crippen molar-refractivity contribution in [1.82, 2.24) is 4.90 Å². The first-order valence-corrected chi connectivity index (χ1v) is 8.06. The van der Waals surface area contributed by atoms with Crippen LogP contribution in [0.25, 0.3) is 0 Å². The van der Waals surface area contributed by atoms with E-state index in [-0.39, 0.29) is 0 Å². The van der Waals surface area contributed by atoms with Crippen molar-refractivity contribution in [3.63, 3.8) is 0 Å². The number of unbranched alkanes of at least 4 members (excludes halogenated alkanes) is 6. The second-order valence-corrected chi connectivity index (χ2v) is 5.50. The molecular formula is C16H35NO3. The maximum absolute atomic E-state index is 5.51. The highest BCUT2D eigenvalue weighted by Crippen LogP contribution is 2.07. The predicted molar refractivity (Wildman–Crippen MR) is 84.4 cm³/mol. The standard InChI is InChI=1S/C16H35NO3/c1-17(2)11-9-7-5-4-6-8-10-12-19-15-16-20-14-13-18-3/h4-16H2,1-3H3. The molecule has 0 saturated heterocycles. The van der Waals surface area contributed by atoms with E-state index in [0.29, 0.717) is 26.4 Å². The van der Waals surface area contributed by atoms with Gasteiger partial charge in [0.15, 0.2) is 0 Å². The molecule has 0 N–H and O–H groups in total. The Kier molecular flexibility index (Phi) is 16.8. The third kappa shape index (κ3) is 17.8. The molecule has 122 valence electrons. The molecular weight excluding hydrogens is 254 g/mol. The van der Waals surface area contributed by atoms with Gasteiger partial charge in [-0.1, -0.05) is 32.1 Å². The summed E-state index contributed by atoms with van der Waals surface area (Å²) in [6, 6.07) is 0. The molecule has 4 nitrogen and oxygen atoms in total. The second-order valence-electron chi connectivity index (χ2n) is 5.50. The highest BCUT2D eigenvalue weighted by molar-refractivity contribution is 4.48. The summed E-state index contributed by atoms with van der Waals surface area (Å²) in [5, 5.41) is 0. The third-order valence-electron chi connectivity index (χ3n) is 3.20. The first-order chi connectivity index (χ1) is 9.77. The largest absolute Gasteiger partial charge is 0.382 e. The van der Waals surface area contributed by atoms with E-state index in [1.54, 1.807) is 7.11 Å². The van der Waals surface area contributed by atoms with Gasteiger partial charge in [-0.3, -0.25) is 0 Å². The molecule has 0 aliphatic heterocycles. The van der Waals surface area contributed by atoms with Gasteiger partial charge in [-0.15, -0.1) is 0 Å². The molecule has 4 heteroatoms. The first kappa shape index (κ1) is 19.8. The number of hydrogen-bond donors (Lipinski definition) is 0. The Morgan fingerprint density at radius 2 is 1.10 bits per heavy atom. The van der Waals surface area contributed by atoms with Crippen molar-refractivity contribution in [3.05, 3.63) is 0 Å². The predicted octanol–water partition coefficient (Wildman–Crippen LogP) is 2.96. The third-order valence-corrected chi connectivity index (χ3v) is 3.20. The molecule has 0 bridgehead atoms. The molecule has 0 radical (unpaired) electrons. The lowest BCUT2D eigenvalue weighted by Gasteiger charge is -2.08. The maximum Gasteiger partial charge on any atom is 0.0701 e. The molecule has 0 aromatic rings. The van der Waals surface area contributed by atoms with Gasteiger partial charge in [-0.05, 0) is 33.5 Å². The van der Waals surface area contributed by atoms with E-state index in [4.69, 9.17) is 14.2 Å². The lowest BCUT2D eigenvalue weighted by molar-refractivity contribution is 0.0239. The van der Waals surface area contributed by atoms with Crippen molar-refractivity contribution in [2.75, 3.05) is 60.8 Å². The Bertz CT molecular complexity index is 177. The van der Waals surface area contributed by atoms with Crippen molar-refractivity contribution in [2.45, 2.75) is 44.9 Å². The molecule has 0 saturated carbocycles. The summed E-state index contributed by atoms with van der Waals surface area (Å²) in [4.78, 5) is 2.26. The van der Waals surface area contributed by atoms with Crippen LogP contribution in [0.2, 0.25) is 0 Å². The molecule has 0 amide bonds. The topological polar surface area (TPSA) is 30.9 Å². The van der Waals surface area contributed by atoms with Gasteiger partial charge in [0.1, 0.15) is 0 Å². The average molecular weight is 289 g/mol. The van der Waals surface area contributed by atoms with Crippen LogP contribution in [0.1, 0.15) is 44.9 Å². The molecule has 0 aliphatic rings. The van der Waals surface area contributed by atoms with Gasteiger partial charge >= 0.3 is 0 Å².